The minimum Gasteiger partial charge on any atom is -0.379 e. The van der Waals surface area contributed by atoms with Crippen molar-refractivity contribution < 1.29 is 4.74 Å². The second-order valence-corrected chi connectivity index (χ2v) is 8.07. The lowest BCUT2D eigenvalue weighted by Gasteiger charge is -2.33. The second kappa shape index (κ2) is 12.2. The summed E-state index contributed by atoms with van der Waals surface area (Å²) in [7, 11) is 0. The van der Waals surface area contributed by atoms with Crippen molar-refractivity contribution in [2.24, 2.45) is 10.9 Å². The monoisotopic (exact) mass is 391 g/mol. The average molecular weight is 392 g/mol. The number of guanidine groups is 1. The fourth-order valence-electron chi connectivity index (χ4n) is 4.21. The Hall–Kier alpha value is -1.37. The topological polar surface area (TPSA) is 43.3 Å². The predicted octanol–water partition coefficient (Wildman–Crippen LogP) is 2.06. The van der Waals surface area contributed by atoms with Gasteiger partial charge >= 0.3 is 0 Å². The molecule has 2 aliphatic heterocycles. The van der Waals surface area contributed by atoms with E-state index in [0.717, 1.165) is 71.5 Å². The first-order chi connectivity index (χ1) is 13.6. The molecule has 2 heterocycles. The summed E-state index contributed by atoms with van der Waals surface area (Å²) in [6.07, 6.45) is 5.15. The number of morpholine rings is 1. The van der Waals surface area contributed by atoms with Crippen LogP contribution in [0.4, 0.5) is 0 Å². The molecule has 0 aromatic heterocycles. The zero-order valence-electron chi connectivity index (χ0n) is 18.3. The molecule has 0 bridgehead atoms. The molecule has 0 radical (unpaired) electrons. The van der Waals surface area contributed by atoms with Crippen LogP contribution in [-0.4, -0.2) is 98.3 Å². The van der Waals surface area contributed by atoms with Gasteiger partial charge in [0.2, 0.25) is 0 Å². The number of nitrogens with zero attached hydrogens (tertiary/aromatic N) is 4. The average Bonchev–Trinajstić information content (AvgIpc) is 3.18. The molecule has 0 aliphatic carbocycles. The van der Waals surface area contributed by atoms with Gasteiger partial charge in [-0.05, 0) is 19.3 Å². The summed E-state index contributed by atoms with van der Waals surface area (Å²) in [5.74, 6) is 1.58. The fraction of sp³-hybridized carbons (Fsp3) is 0.773. The van der Waals surface area contributed by atoms with E-state index in [1.54, 1.807) is 0 Å². The number of ether oxygens (including phenoxy) is 1. The standard InChI is InChI=1S/C22H41N5O/c1-6-10-26(11-7-2)21(19(4)5)17-24-22(23-8-3)27-12-9-20(18-27)25-13-15-28-16-14-25/h6-7,19-21H,1-2,8-18H2,3-5H3,(H,23,24). The van der Waals surface area contributed by atoms with Crippen LogP contribution in [0.3, 0.4) is 0 Å². The molecule has 6 heteroatoms. The minimum absolute atomic E-state index is 0.377. The quantitative estimate of drug-likeness (QED) is 0.351. The summed E-state index contributed by atoms with van der Waals surface area (Å²) >= 11 is 0. The molecule has 28 heavy (non-hydrogen) atoms. The Labute approximate surface area is 172 Å². The Morgan fingerprint density at radius 2 is 1.89 bits per heavy atom. The Balaban J connectivity index is 2.03. The van der Waals surface area contributed by atoms with Gasteiger partial charge in [0.1, 0.15) is 0 Å². The van der Waals surface area contributed by atoms with E-state index in [1.807, 2.05) is 12.2 Å². The van der Waals surface area contributed by atoms with Crippen molar-refractivity contribution in [3.05, 3.63) is 25.3 Å². The summed E-state index contributed by atoms with van der Waals surface area (Å²) in [4.78, 5) is 12.5. The maximum atomic E-state index is 5.51. The van der Waals surface area contributed by atoms with Crippen LogP contribution >= 0.6 is 0 Å². The van der Waals surface area contributed by atoms with Gasteiger partial charge in [-0.1, -0.05) is 26.0 Å². The van der Waals surface area contributed by atoms with E-state index in [9.17, 15) is 0 Å². The molecule has 0 saturated carbocycles. The van der Waals surface area contributed by atoms with Crippen LogP contribution in [0.5, 0.6) is 0 Å². The third kappa shape index (κ3) is 6.61. The van der Waals surface area contributed by atoms with Gasteiger partial charge in [-0.3, -0.25) is 14.8 Å². The third-order valence-electron chi connectivity index (χ3n) is 5.75. The Morgan fingerprint density at radius 1 is 1.21 bits per heavy atom. The normalized spacial score (nSPS) is 22.7. The number of hydrogen-bond acceptors (Lipinski definition) is 4. The van der Waals surface area contributed by atoms with Crippen molar-refractivity contribution in [2.75, 3.05) is 65.6 Å². The summed E-state index contributed by atoms with van der Waals surface area (Å²) in [6.45, 7) is 23.9. The third-order valence-corrected chi connectivity index (χ3v) is 5.75. The SMILES string of the molecule is C=CCN(CC=C)C(CN=C(NCC)N1CCC(N2CCOCC2)C1)C(C)C. The predicted molar refractivity (Wildman–Crippen MR) is 119 cm³/mol. The highest BCUT2D eigenvalue weighted by Gasteiger charge is 2.30. The molecular formula is C22H41N5O. The number of hydrogen-bond donors (Lipinski definition) is 1. The van der Waals surface area contributed by atoms with E-state index in [0.29, 0.717) is 18.0 Å². The molecule has 6 nitrogen and oxygen atoms in total. The maximum Gasteiger partial charge on any atom is 0.194 e. The van der Waals surface area contributed by atoms with Crippen molar-refractivity contribution in [2.45, 2.75) is 39.3 Å². The van der Waals surface area contributed by atoms with Crippen LogP contribution in [0, 0.1) is 5.92 Å². The summed E-state index contributed by atoms with van der Waals surface area (Å²) in [6, 6.07) is 0.994. The lowest BCUT2D eigenvalue weighted by atomic mass is 10.0. The molecule has 2 aliphatic rings. The molecule has 2 rings (SSSR count). The molecule has 2 unspecified atom stereocenters. The lowest BCUT2D eigenvalue weighted by Crippen LogP contribution is -2.47. The maximum absolute atomic E-state index is 5.51. The molecule has 2 atom stereocenters. The van der Waals surface area contributed by atoms with E-state index >= 15 is 0 Å². The molecule has 1 N–H and O–H groups in total. The van der Waals surface area contributed by atoms with E-state index in [1.165, 1.54) is 6.42 Å². The van der Waals surface area contributed by atoms with Crippen molar-refractivity contribution >= 4 is 5.96 Å². The van der Waals surface area contributed by atoms with Gasteiger partial charge in [-0.15, -0.1) is 13.2 Å². The van der Waals surface area contributed by atoms with E-state index in [4.69, 9.17) is 9.73 Å². The Bertz CT molecular complexity index is 491. The molecule has 0 aromatic rings. The Morgan fingerprint density at radius 3 is 2.46 bits per heavy atom. The zero-order valence-corrected chi connectivity index (χ0v) is 18.3. The van der Waals surface area contributed by atoms with Crippen molar-refractivity contribution in [1.29, 1.82) is 0 Å². The highest BCUT2D eigenvalue weighted by Crippen LogP contribution is 2.18. The lowest BCUT2D eigenvalue weighted by molar-refractivity contribution is 0.0195. The van der Waals surface area contributed by atoms with Crippen LogP contribution in [0.15, 0.2) is 30.3 Å². The molecule has 0 spiro atoms. The van der Waals surface area contributed by atoms with Crippen molar-refractivity contribution in [3.63, 3.8) is 0 Å². The highest BCUT2D eigenvalue weighted by atomic mass is 16.5. The Kier molecular flexibility index (Phi) is 10.0. The minimum atomic E-state index is 0.377. The first kappa shape index (κ1) is 22.9. The second-order valence-electron chi connectivity index (χ2n) is 8.07. The van der Waals surface area contributed by atoms with Crippen LogP contribution in [0.2, 0.25) is 0 Å². The molecule has 160 valence electrons. The van der Waals surface area contributed by atoms with Gasteiger partial charge in [-0.2, -0.15) is 0 Å². The molecule has 2 saturated heterocycles. The first-order valence-corrected chi connectivity index (χ1v) is 10.9. The number of likely N-dealkylation sites (tertiary alicyclic amines) is 1. The van der Waals surface area contributed by atoms with Gasteiger partial charge in [0.05, 0.1) is 19.8 Å². The number of nitrogens with one attached hydrogen (secondary N) is 1. The van der Waals surface area contributed by atoms with Crippen LogP contribution < -0.4 is 5.32 Å². The van der Waals surface area contributed by atoms with Gasteiger partial charge in [0, 0.05) is 57.9 Å². The number of rotatable bonds is 10. The summed E-state index contributed by atoms with van der Waals surface area (Å²) in [5, 5.41) is 3.52. The molecule has 2 fully saturated rings. The smallest absolute Gasteiger partial charge is 0.194 e. The number of aliphatic imine (C=N–C) groups is 1. The van der Waals surface area contributed by atoms with Crippen molar-refractivity contribution in [3.8, 4) is 0 Å². The van der Waals surface area contributed by atoms with E-state index in [-0.39, 0.29) is 0 Å². The summed E-state index contributed by atoms with van der Waals surface area (Å²) < 4.78 is 5.51. The zero-order chi connectivity index (χ0) is 20.4. The van der Waals surface area contributed by atoms with Gasteiger partial charge < -0.3 is 15.0 Å². The fourth-order valence-corrected chi connectivity index (χ4v) is 4.21. The van der Waals surface area contributed by atoms with Crippen molar-refractivity contribution in [1.82, 2.24) is 20.0 Å². The highest BCUT2D eigenvalue weighted by molar-refractivity contribution is 5.80. The van der Waals surface area contributed by atoms with Gasteiger partial charge in [0.15, 0.2) is 5.96 Å². The van der Waals surface area contributed by atoms with Gasteiger partial charge in [0.25, 0.3) is 0 Å². The summed E-state index contributed by atoms with van der Waals surface area (Å²) in [5.41, 5.74) is 0. The molecule has 0 aromatic carbocycles. The largest absolute Gasteiger partial charge is 0.379 e. The van der Waals surface area contributed by atoms with Crippen LogP contribution in [0.1, 0.15) is 27.2 Å². The van der Waals surface area contributed by atoms with E-state index < -0.39 is 0 Å². The molecular weight excluding hydrogens is 350 g/mol. The van der Waals surface area contributed by atoms with Gasteiger partial charge in [-0.25, -0.2) is 0 Å². The van der Waals surface area contributed by atoms with Crippen LogP contribution in [-0.2, 0) is 4.74 Å². The first-order valence-electron chi connectivity index (χ1n) is 10.9. The van der Waals surface area contributed by atoms with Crippen LogP contribution in [0.25, 0.3) is 0 Å². The van der Waals surface area contributed by atoms with E-state index in [2.05, 4.69) is 53.9 Å². The molecule has 0 amide bonds.